The van der Waals surface area contributed by atoms with Gasteiger partial charge in [-0.15, -0.1) is 0 Å². The third-order valence-electron chi connectivity index (χ3n) is 2.33. The van der Waals surface area contributed by atoms with Gasteiger partial charge in [-0.25, -0.2) is 8.78 Å². The SMILES string of the molecule is COC(=O)Cc1c(CN)c(C(F)F)c[nH]c1=O. The minimum Gasteiger partial charge on any atom is -0.469 e. The average molecular weight is 246 g/mol. The molecule has 0 atom stereocenters. The molecule has 0 amide bonds. The van der Waals surface area contributed by atoms with Crippen molar-refractivity contribution in [3.63, 3.8) is 0 Å². The Kier molecular flexibility index (Phi) is 4.33. The van der Waals surface area contributed by atoms with E-state index >= 15 is 0 Å². The molecule has 0 unspecified atom stereocenters. The summed E-state index contributed by atoms with van der Waals surface area (Å²) in [7, 11) is 1.15. The van der Waals surface area contributed by atoms with E-state index in [1.165, 1.54) is 0 Å². The van der Waals surface area contributed by atoms with Gasteiger partial charge in [-0.3, -0.25) is 9.59 Å². The summed E-state index contributed by atoms with van der Waals surface area (Å²) in [6.45, 7) is -0.240. The second-order valence-corrected chi connectivity index (χ2v) is 3.29. The predicted octanol–water partition coefficient (Wildman–Crippen LogP) is 0.487. The summed E-state index contributed by atoms with van der Waals surface area (Å²) in [6.07, 6.45) is -2.23. The van der Waals surface area contributed by atoms with E-state index in [0.29, 0.717) is 0 Å². The molecule has 0 aliphatic rings. The molecule has 1 heterocycles. The number of rotatable bonds is 4. The topological polar surface area (TPSA) is 85.2 Å². The lowest BCUT2D eigenvalue weighted by molar-refractivity contribution is -0.139. The molecule has 1 aromatic heterocycles. The molecular formula is C10H12F2N2O3. The van der Waals surface area contributed by atoms with E-state index in [0.717, 1.165) is 13.3 Å². The Labute approximate surface area is 95.6 Å². The Morgan fingerprint density at radius 2 is 2.18 bits per heavy atom. The number of H-pyrrole nitrogens is 1. The molecule has 5 nitrogen and oxygen atoms in total. The van der Waals surface area contributed by atoms with E-state index in [1.807, 2.05) is 0 Å². The van der Waals surface area contributed by atoms with Crippen LogP contribution in [-0.4, -0.2) is 18.1 Å². The molecule has 17 heavy (non-hydrogen) atoms. The summed E-state index contributed by atoms with van der Waals surface area (Å²) in [6, 6.07) is 0. The highest BCUT2D eigenvalue weighted by molar-refractivity contribution is 5.72. The van der Waals surface area contributed by atoms with Crippen molar-refractivity contribution in [1.82, 2.24) is 4.98 Å². The zero-order valence-electron chi connectivity index (χ0n) is 9.13. The highest BCUT2D eigenvalue weighted by Crippen LogP contribution is 2.23. The van der Waals surface area contributed by atoms with Gasteiger partial charge in [0.05, 0.1) is 13.5 Å². The molecule has 1 aromatic rings. The monoisotopic (exact) mass is 246 g/mol. The number of halogens is 2. The smallest absolute Gasteiger partial charge is 0.310 e. The first-order valence-corrected chi connectivity index (χ1v) is 4.79. The van der Waals surface area contributed by atoms with Crippen molar-refractivity contribution >= 4 is 5.97 Å². The Morgan fingerprint density at radius 3 is 2.65 bits per heavy atom. The van der Waals surface area contributed by atoms with Gasteiger partial charge >= 0.3 is 5.97 Å². The van der Waals surface area contributed by atoms with Gasteiger partial charge in [0.2, 0.25) is 0 Å². The number of hydrogen-bond acceptors (Lipinski definition) is 4. The van der Waals surface area contributed by atoms with Gasteiger partial charge in [-0.1, -0.05) is 0 Å². The molecule has 0 aliphatic heterocycles. The lowest BCUT2D eigenvalue weighted by atomic mass is 10.0. The third kappa shape index (κ3) is 2.88. The number of nitrogens with one attached hydrogen (secondary N) is 1. The summed E-state index contributed by atoms with van der Waals surface area (Å²) in [5.74, 6) is -0.684. The fraction of sp³-hybridized carbons (Fsp3) is 0.400. The number of hydrogen-bond donors (Lipinski definition) is 2. The van der Waals surface area contributed by atoms with Crippen LogP contribution in [-0.2, 0) is 22.5 Å². The number of pyridine rings is 1. The highest BCUT2D eigenvalue weighted by atomic mass is 19.3. The molecule has 0 aromatic carbocycles. The van der Waals surface area contributed by atoms with Crippen LogP contribution in [0.15, 0.2) is 11.0 Å². The summed E-state index contributed by atoms with van der Waals surface area (Å²) < 4.78 is 29.7. The van der Waals surface area contributed by atoms with Crippen LogP contribution < -0.4 is 11.3 Å². The largest absolute Gasteiger partial charge is 0.469 e. The van der Waals surface area contributed by atoms with Gasteiger partial charge in [-0.05, 0) is 5.56 Å². The molecule has 1 rings (SSSR count). The number of esters is 1. The zero-order valence-corrected chi connectivity index (χ0v) is 9.13. The number of aromatic amines is 1. The minimum atomic E-state index is -2.76. The summed E-state index contributed by atoms with van der Waals surface area (Å²) in [5, 5.41) is 0. The summed E-state index contributed by atoms with van der Waals surface area (Å²) >= 11 is 0. The van der Waals surface area contributed by atoms with Crippen LogP contribution in [0, 0.1) is 0 Å². The molecule has 0 fully saturated rings. The Hall–Kier alpha value is -1.76. The van der Waals surface area contributed by atoms with E-state index in [9.17, 15) is 18.4 Å². The van der Waals surface area contributed by atoms with Crippen LogP contribution in [0.2, 0.25) is 0 Å². The maximum Gasteiger partial charge on any atom is 0.310 e. The first-order valence-electron chi connectivity index (χ1n) is 4.79. The maximum absolute atomic E-state index is 12.7. The van der Waals surface area contributed by atoms with E-state index < -0.39 is 18.0 Å². The van der Waals surface area contributed by atoms with E-state index in [4.69, 9.17) is 5.73 Å². The van der Waals surface area contributed by atoms with Gasteiger partial charge < -0.3 is 15.5 Å². The highest BCUT2D eigenvalue weighted by Gasteiger charge is 2.19. The number of methoxy groups -OCH3 is 1. The van der Waals surface area contributed by atoms with E-state index in [-0.39, 0.29) is 29.7 Å². The van der Waals surface area contributed by atoms with E-state index in [2.05, 4.69) is 9.72 Å². The maximum atomic E-state index is 12.7. The van der Waals surface area contributed by atoms with Crippen molar-refractivity contribution < 1.29 is 18.3 Å². The lowest BCUT2D eigenvalue weighted by Crippen LogP contribution is -2.23. The number of alkyl halides is 2. The molecule has 0 saturated heterocycles. The fourth-order valence-electron chi connectivity index (χ4n) is 1.47. The van der Waals surface area contributed by atoms with Gasteiger partial charge in [0, 0.05) is 23.9 Å². The Bertz CT molecular complexity index is 471. The van der Waals surface area contributed by atoms with Crippen molar-refractivity contribution in [2.75, 3.05) is 7.11 Å². The molecule has 3 N–H and O–H groups in total. The van der Waals surface area contributed by atoms with Gasteiger partial charge in [-0.2, -0.15) is 0 Å². The minimum absolute atomic E-state index is 0.00542. The first-order chi connectivity index (χ1) is 8.01. The normalized spacial score (nSPS) is 10.6. The van der Waals surface area contributed by atoms with E-state index in [1.54, 1.807) is 0 Å². The molecule has 0 saturated carbocycles. The average Bonchev–Trinajstić information content (AvgIpc) is 2.30. The van der Waals surface area contributed by atoms with Crippen molar-refractivity contribution in [2.24, 2.45) is 5.73 Å². The molecule has 0 aliphatic carbocycles. The van der Waals surface area contributed by atoms with Crippen LogP contribution in [0.3, 0.4) is 0 Å². The van der Waals surface area contributed by atoms with Crippen molar-refractivity contribution in [1.29, 1.82) is 0 Å². The van der Waals surface area contributed by atoms with Crippen LogP contribution >= 0.6 is 0 Å². The molecule has 0 spiro atoms. The van der Waals surface area contributed by atoms with Crippen LogP contribution in [0.1, 0.15) is 23.1 Å². The second-order valence-electron chi connectivity index (χ2n) is 3.29. The quantitative estimate of drug-likeness (QED) is 0.757. The number of aromatic nitrogens is 1. The summed E-state index contributed by atoms with van der Waals surface area (Å²) in [4.78, 5) is 24.7. The molecule has 94 valence electrons. The van der Waals surface area contributed by atoms with Crippen molar-refractivity contribution in [2.45, 2.75) is 19.4 Å². The number of nitrogens with two attached hydrogens (primary N) is 1. The Morgan fingerprint density at radius 1 is 1.53 bits per heavy atom. The standard InChI is InChI=1S/C10H12F2N2O3/c1-17-8(15)2-5-6(3-13)7(9(11)12)4-14-10(5)16/h4,9H,2-3,13H2,1H3,(H,14,16). The van der Waals surface area contributed by atoms with Crippen molar-refractivity contribution in [3.8, 4) is 0 Å². The second kappa shape index (κ2) is 5.53. The third-order valence-corrected chi connectivity index (χ3v) is 2.33. The Balaban J connectivity index is 3.30. The zero-order chi connectivity index (χ0) is 13.0. The fourth-order valence-corrected chi connectivity index (χ4v) is 1.47. The molecule has 7 heteroatoms. The molecular weight excluding hydrogens is 234 g/mol. The molecule has 0 bridgehead atoms. The number of carbonyl (C=O) groups is 1. The van der Waals surface area contributed by atoms with Gasteiger partial charge in [0.1, 0.15) is 0 Å². The van der Waals surface area contributed by atoms with Crippen LogP contribution in [0.4, 0.5) is 8.78 Å². The predicted molar refractivity (Wildman–Crippen MR) is 55.6 cm³/mol. The number of ether oxygens (including phenoxy) is 1. The lowest BCUT2D eigenvalue weighted by Gasteiger charge is -2.11. The molecule has 0 radical (unpaired) electrons. The first kappa shape index (κ1) is 13.3. The van der Waals surface area contributed by atoms with Crippen molar-refractivity contribution in [3.05, 3.63) is 33.2 Å². The van der Waals surface area contributed by atoms with Crippen LogP contribution in [0.25, 0.3) is 0 Å². The summed E-state index contributed by atoms with van der Waals surface area (Å²) in [5.41, 5.74) is 4.28. The van der Waals surface area contributed by atoms with Gasteiger partial charge in [0.25, 0.3) is 12.0 Å². The number of carbonyl (C=O) groups excluding carboxylic acids is 1. The van der Waals surface area contributed by atoms with Gasteiger partial charge in [0.15, 0.2) is 0 Å². The van der Waals surface area contributed by atoms with Crippen LogP contribution in [0.5, 0.6) is 0 Å².